The number of allylic oxidation sites excluding steroid dienone is 2. The molecule has 19 heteroatoms. The van der Waals surface area contributed by atoms with Gasteiger partial charge in [-0.05, 0) is 119 Å². The molecule has 0 aliphatic carbocycles. The topological polar surface area (TPSA) is 207 Å². The zero-order chi connectivity index (χ0) is 51.9. The smallest absolute Gasteiger partial charge is 0.407 e. The van der Waals surface area contributed by atoms with E-state index in [9.17, 15) is 28.7 Å². The number of unbranched alkanes of at least 4 members (excludes halogenated alkanes) is 2. The average molecular weight is 1000 g/mol. The Morgan fingerprint density at radius 1 is 1.00 bits per heavy atom. The van der Waals surface area contributed by atoms with E-state index in [1.54, 1.807) is 11.6 Å². The van der Waals surface area contributed by atoms with Crippen LogP contribution in [0.4, 0.5) is 13.6 Å². The van der Waals surface area contributed by atoms with E-state index in [1.165, 1.54) is 61.4 Å². The van der Waals surface area contributed by atoms with E-state index in [1.807, 2.05) is 18.2 Å². The molecule has 4 aromatic rings. The van der Waals surface area contributed by atoms with Crippen LogP contribution in [0.5, 0.6) is 5.75 Å². The number of phenols is 1. The molecule has 0 saturated carbocycles. The fraction of sp³-hybridized carbons (Fsp3) is 0.463. The lowest BCUT2D eigenvalue weighted by molar-refractivity contribution is -0.135. The maximum Gasteiger partial charge on any atom is 0.407 e. The molecule has 386 valence electrons. The Morgan fingerprint density at radius 3 is 2.51 bits per heavy atom. The summed E-state index contributed by atoms with van der Waals surface area (Å²) >= 11 is 0. The lowest BCUT2D eigenvalue weighted by atomic mass is 9.94. The minimum absolute atomic E-state index is 0.0240. The minimum Gasteiger partial charge on any atom is -0.508 e. The number of benzene rings is 3. The number of aliphatic imine (C=N–C) groups is 3. The molecule has 2 bridgehead atoms. The van der Waals surface area contributed by atoms with Gasteiger partial charge in [0, 0.05) is 88.6 Å². The van der Waals surface area contributed by atoms with Crippen LogP contribution in [0.1, 0.15) is 93.4 Å². The SMILES string of the molecule is C#Cc1c(F)ccc2cc(O)cc(C3=C(F)C(=NC)/C(=C(\N=C)N4CC5CCC(C4)N5)C=N3)c12.CO.Cn1c(=O)n(C2CCC(=O)NC2=O)c2ccc(CCCCCNC(=O)OCC3CCC4CCCN43)cc21. The van der Waals surface area contributed by atoms with Gasteiger partial charge in [-0.1, -0.05) is 24.5 Å². The first-order valence-corrected chi connectivity index (χ1v) is 25.1. The number of aromatic hydroxyl groups is 1. The Labute approximate surface area is 422 Å². The Balaban J connectivity index is 0.000000189. The predicted molar refractivity (Wildman–Crippen MR) is 278 cm³/mol. The number of nitrogens with zero attached hydrogens (tertiary/aromatic N) is 7. The van der Waals surface area contributed by atoms with Crippen molar-refractivity contribution in [2.75, 3.05) is 46.9 Å². The van der Waals surface area contributed by atoms with E-state index in [2.05, 4.69) is 53.4 Å². The highest BCUT2D eigenvalue weighted by atomic mass is 19.1. The first kappa shape index (κ1) is 52.3. The summed E-state index contributed by atoms with van der Waals surface area (Å²) in [6, 6.07) is 12.5. The highest BCUT2D eigenvalue weighted by Crippen LogP contribution is 2.39. The number of aliphatic hydroxyl groups is 1. The molecule has 6 aliphatic rings. The zero-order valence-corrected chi connectivity index (χ0v) is 41.6. The summed E-state index contributed by atoms with van der Waals surface area (Å²) in [6.45, 7) is 7.40. The van der Waals surface area contributed by atoms with Crippen molar-refractivity contribution in [2.24, 2.45) is 22.0 Å². The highest BCUT2D eigenvalue weighted by molar-refractivity contribution is 6.29. The second-order valence-corrected chi connectivity index (χ2v) is 19.2. The van der Waals surface area contributed by atoms with Gasteiger partial charge in [-0.25, -0.2) is 23.4 Å². The number of terminal acetylenes is 1. The Kier molecular flexibility index (Phi) is 16.7. The van der Waals surface area contributed by atoms with E-state index in [-0.39, 0.29) is 52.4 Å². The van der Waals surface area contributed by atoms with Crippen LogP contribution < -0.4 is 21.6 Å². The van der Waals surface area contributed by atoms with Gasteiger partial charge in [0.1, 0.15) is 41.4 Å². The number of nitrogens with one attached hydrogen (secondary N) is 3. The molecule has 5 saturated heterocycles. The molecular weight excluding hydrogens is 939 g/mol. The zero-order valence-electron chi connectivity index (χ0n) is 41.6. The van der Waals surface area contributed by atoms with Crippen molar-refractivity contribution >= 4 is 64.1 Å². The Morgan fingerprint density at radius 2 is 1.78 bits per heavy atom. The normalized spacial score (nSPS) is 23.7. The number of carbonyl (C=O) groups is 3. The quantitative estimate of drug-likeness (QED) is 0.0499. The molecule has 17 nitrogen and oxygen atoms in total. The standard InChI is InChI=1S/C27H37N5O5.C26H23F2N5O.CH4O/c1-30-23-16-18(8-11-21(23)32(27(30)36)22-12-13-24(33)29-25(22)34)6-3-2-4-14-28-26(35)37-17-20-10-9-19-7-5-15-31(19)20;1-4-18-21(27)8-5-14-9-17(34)10-19(22(14)18)25-23(28)24(29-2)20(11-31-25)26(30-3)33-12-15-6-7-16(13-33)32-15;1-2/h8,11,16,19-20,22H,2-7,9-10,12-15,17H2,1H3,(H,28,35)(H,29,33,34);1,5,8-11,15-16,32,34H,3,6-7,12-13H2,2H3;2H,1H3/b;26-20+,29-24?;. The summed E-state index contributed by atoms with van der Waals surface area (Å²) in [5.74, 6) is 0.701. The van der Waals surface area contributed by atoms with Gasteiger partial charge in [0.25, 0.3) is 0 Å². The van der Waals surface area contributed by atoms with Gasteiger partial charge in [-0.3, -0.25) is 38.9 Å². The van der Waals surface area contributed by atoms with E-state index in [4.69, 9.17) is 16.3 Å². The van der Waals surface area contributed by atoms with Crippen LogP contribution in [0.25, 0.3) is 27.5 Å². The number of amides is 3. The Bertz CT molecular complexity index is 3010. The Hall–Kier alpha value is -7.01. The third-order valence-corrected chi connectivity index (χ3v) is 14.8. The van der Waals surface area contributed by atoms with Gasteiger partial charge in [0.15, 0.2) is 5.83 Å². The third kappa shape index (κ3) is 11.0. The molecule has 5 N–H and O–H groups in total. The average Bonchev–Trinajstić information content (AvgIpc) is 4.16. The molecule has 5 atom stereocenters. The first-order chi connectivity index (χ1) is 35.4. The minimum atomic E-state index is -0.710. The molecule has 5 fully saturated rings. The van der Waals surface area contributed by atoms with Crippen molar-refractivity contribution in [1.29, 1.82) is 0 Å². The van der Waals surface area contributed by atoms with Gasteiger partial charge < -0.3 is 30.5 Å². The fourth-order valence-corrected chi connectivity index (χ4v) is 11.3. The molecule has 0 radical (unpaired) electrons. The van der Waals surface area contributed by atoms with Crippen LogP contribution in [0.15, 0.2) is 79.5 Å². The van der Waals surface area contributed by atoms with Crippen molar-refractivity contribution in [3.63, 3.8) is 0 Å². The summed E-state index contributed by atoms with van der Waals surface area (Å²) in [5, 5.41) is 26.8. The van der Waals surface area contributed by atoms with Gasteiger partial charge >= 0.3 is 11.8 Å². The molecule has 3 aromatic carbocycles. The van der Waals surface area contributed by atoms with Gasteiger partial charge in [0.05, 0.1) is 22.2 Å². The van der Waals surface area contributed by atoms with Crippen LogP contribution in [-0.2, 0) is 27.8 Å². The number of aliphatic hydroxyl groups excluding tert-OH is 1. The number of halogens is 2. The number of imide groups is 1. The number of piperidine rings is 1. The third-order valence-electron chi connectivity index (χ3n) is 14.8. The van der Waals surface area contributed by atoms with Crippen molar-refractivity contribution in [1.82, 2.24) is 34.9 Å². The number of phenolic OH excluding ortho intramolecular Hbond substituents is 1. The number of aryl methyl sites for hydroxylation is 2. The molecule has 3 amide bonds. The number of likely N-dealkylation sites (tertiary alicyclic amines) is 1. The van der Waals surface area contributed by atoms with Crippen LogP contribution in [0.2, 0.25) is 0 Å². The summed E-state index contributed by atoms with van der Waals surface area (Å²) < 4.78 is 39.0. The maximum atomic E-state index is 16.0. The number of hydrogen-bond acceptors (Lipinski definition) is 13. The predicted octanol–water partition coefficient (Wildman–Crippen LogP) is 5.80. The summed E-state index contributed by atoms with van der Waals surface area (Å²) in [4.78, 5) is 66.2. The lowest BCUT2D eigenvalue weighted by Gasteiger charge is -2.35. The second-order valence-electron chi connectivity index (χ2n) is 19.2. The number of hydrogen-bond donors (Lipinski definition) is 5. The van der Waals surface area contributed by atoms with Crippen LogP contribution in [0.3, 0.4) is 0 Å². The van der Waals surface area contributed by atoms with E-state index in [0.29, 0.717) is 71.4 Å². The molecule has 5 unspecified atom stereocenters. The number of ether oxygens (including phenoxy) is 1. The van der Waals surface area contributed by atoms with Crippen LogP contribution >= 0.6 is 0 Å². The van der Waals surface area contributed by atoms with Gasteiger partial charge in [0.2, 0.25) is 11.8 Å². The number of carbonyl (C=O) groups excluding carboxylic acids is 3. The highest BCUT2D eigenvalue weighted by Gasteiger charge is 2.38. The number of rotatable bonds is 12. The van der Waals surface area contributed by atoms with Crippen molar-refractivity contribution in [2.45, 2.75) is 107 Å². The van der Waals surface area contributed by atoms with Gasteiger partial charge in [-0.15, -0.1) is 6.42 Å². The molecule has 6 aliphatic heterocycles. The fourth-order valence-electron chi connectivity index (χ4n) is 11.3. The lowest BCUT2D eigenvalue weighted by Crippen LogP contribution is -2.50. The number of imidazole rings is 1. The maximum absolute atomic E-state index is 16.0. The molecular formula is C54H64F2N10O7. The van der Waals surface area contributed by atoms with Crippen molar-refractivity contribution in [3.8, 4) is 18.1 Å². The molecule has 10 rings (SSSR count). The number of alkyl carbamates (subject to hydrolysis) is 1. The summed E-state index contributed by atoms with van der Waals surface area (Å²) in [6.07, 6.45) is 18.0. The molecule has 7 heterocycles. The van der Waals surface area contributed by atoms with Gasteiger partial charge in [-0.2, -0.15) is 0 Å². The number of piperazine rings is 1. The van der Waals surface area contributed by atoms with E-state index in [0.717, 1.165) is 82.8 Å². The van der Waals surface area contributed by atoms with Crippen LogP contribution in [-0.4, -0.2) is 137 Å². The monoisotopic (exact) mass is 1000 g/mol. The summed E-state index contributed by atoms with van der Waals surface area (Å²) in [7, 11) is 4.19. The second kappa shape index (κ2) is 23.2. The van der Waals surface area contributed by atoms with E-state index >= 15 is 4.39 Å². The summed E-state index contributed by atoms with van der Waals surface area (Å²) in [5.41, 5.74) is 2.90. The first-order valence-electron chi connectivity index (χ1n) is 25.1. The largest absolute Gasteiger partial charge is 0.508 e. The van der Waals surface area contributed by atoms with Crippen molar-refractivity contribution in [3.05, 3.63) is 92.7 Å². The molecule has 1 aromatic heterocycles. The van der Waals surface area contributed by atoms with Crippen LogP contribution in [0, 0.1) is 18.2 Å². The number of fused-ring (bicyclic) bond motifs is 5. The molecule has 73 heavy (non-hydrogen) atoms. The number of aromatic nitrogens is 2. The van der Waals surface area contributed by atoms with E-state index < -0.39 is 23.6 Å². The molecule has 0 spiro atoms. The van der Waals surface area contributed by atoms with Crippen molar-refractivity contribution < 1.29 is 38.1 Å².